The van der Waals surface area contributed by atoms with Crippen LogP contribution >= 0.6 is 11.8 Å². The molecule has 1 fully saturated rings. The van der Waals surface area contributed by atoms with Crippen LogP contribution < -0.4 is 5.73 Å². The third-order valence-electron chi connectivity index (χ3n) is 2.60. The van der Waals surface area contributed by atoms with Crippen molar-refractivity contribution in [3.05, 3.63) is 12.2 Å². The second kappa shape index (κ2) is 4.33. The number of hydrogen-bond acceptors (Lipinski definition) is 2. The standard InChI is InChI=1S/C10H19NS/c1-7(2)9(11)10-8(3)5-4-6-12-10/h8-10H,1,4-6,11H2,2-3H3. The lowest BCUT2D eigenvalue weighted by Gasteiger charge is -2.33. The van der Waals surface area contributed by atoms with Gasteiger partial charge >= 0.3 is 0 Å². The van der Waals surface area contributed by atoms with E-state index in [1.54, 1.807) is 0 Å². The molecule has 3 atom stereocenters. The van der Waals surface area contributed by atoms with Crippen LogP contribution in [0.15, 0.2) is 12.2 Å². The first-order valence-corrected chi connectivity index (χ1v) is 5.70. The van der Waals surface area contributed by atoms with E-state index in [4.69, 9.17) is 5.73 Å². The summed E-state index contributed by atoms with van der Waals surface area (Å²) in [6.07, 6.45) is 2.68. The summed E-state index contributed by atoms with van der Waals surface area (Å²) in [5, 5.41) is 0.608. The van der Waals surface area contributed by atoms with Gasteiger partial charge in [0.05, 0.1) is 0 Å². The van der Waals surface area contributed by atoms with Crippen LogP contribution in [0.5, 0.6) is 0 Å². The van der Waals surface area contributed by atoms with E-state index in [0.717, 1.165) is 11.5 Å². The molecule has 0 amide bonds. The summed E-state index contributed by atoms with van der Waals surface area (Å²) in [7, 11) is 0. The predicted molar refractivity (Wildman–Crippen MR) is 57.4 cm³/mol. The van der Waals surface area contributed by atoms with Crippen LogP contribution in [0.3, 0.4) is 0 Å². The lowest BCUT2D eigenvalue weighted by Crippen LogP contribution is -2.39. The second-order valence-corrected chi connectivity index (χ2v) is 5.11. The Morgan fingerprint density at radius 1 is 1.67 bits per heavy atom. The first-order valence-electron chi connectivity index (χ1n) is 4.65. The molecular formula is C10H19NS. The zero-order chi connectivity index (χ0) is 9.14. The largest absolute Gasteiger partial charge is 0.323 e. The molecule has 0 bridgehead atoms. The molecule has 1 heterocycles. The molecule has 0 saturated carbocycles. The first-order chi connectivity index (χ1) is 5.63. The molecule has 0 spiro atoms. The van der Waals surface area contributed by atoms with Gasteiger partial charge in [0.1, 0.15) is 0 Å². The van der Waals surface area contributed by atoms with Gasteiger partial charge in [0.2, 0.25) is 0 Å². The van der Waals surface area contributed by atoms with E-state index in [9.17, 15) is 0 Å². The third kappa shape index (κ3) is 2.27. The molecule has 0 radical (unpaired) electrons. The molecule has 3 unspecified atom stereocenters. The predicted octanol–water partition coefficient (Wildman–Crippen LogP) is 2.42. The average molecular weight is 185 g/mol. The Morgan fingerprint density at radius 3 is 2.83 bits per heavy atom. The van der Waals surface area contributed by atoms with E-state index in [-0.39, 0.29) is 6.04 Å². The zero-order valence-electron chi connectivity index (χ0n) is 8.05. The summed E-state index contributed by atoms with van der Waals surface area (Å²) in [5.41, 5.74) is 7.19. The van der Waals surface area contributed by atoms with E-state index in [0.29, 0.717) is 5.25 Å². The summed E-state index contributed by atoms with van der Waals surface area (Å²) in [4.78, 5) is 0. The Hall–Kier alpha value is 0.0500. The van der Waals surface area contributed by atoms with Crippen LogP contribution in [-0.4, -0.2) is 17.0 Å². The van der Waals surface area contributed by atoms with Gasteiger partial charge < -0.3 is 5.73 Å². The minimum Gasteiger partial charge on any atom is -0.323 e. The maximum Gasteiger partial charge on any atom is 0.0371 e. The molecule has 1 saturated heterocycles. The molecule has 1 rings (SSSR count). The maximum atomic E-state index is 6.06. The molecule has 0 aromatic heterocycles. The topological polar surface area (TPSA) is 26.0 Å². The molecule has 12 heavy (non-hydrogen) atoms. The van der Waals surface area contributed by atoms with Crippen molar-refractivity contribution in [2.75, 3.05) is 5.75 Å². The van der Waals surface area contributed by atoms with E-state index >= 15 is 0 Å². The van der Waals surface area contributed by atoms with Gasteiger partial charge in [-0.15, -0.1) is 0 Å². The highest BCUT2D eigenvalue weighted by molar-refractivity contribution is 8.00. The van der Waals surface area contributed by atoms with Crippen LogP contribution in [0, 0.1) is 5.92 Å². The monoisotopic (exact) mass is 185 g/mol. The third-order valence-corrected chi connectivity index (χ3v) is 4.27. The molecule has 0 aromatic carbocycles. The summed E-state index contributed by atoms with van der Waals surface area (Å²) >= 11 is 2.02. The van der Waals surface area contributed by atoms with Gasteiger partial charge in [0, 0.05) is 11.3 Å². The fourth-order valence-electron chi connectivity index (χ4n) is 1.69. The highest BCUT2D eigenvalue weighted by atomic mass is 32.2. The second-order valence-electron chi connectivity index (χ2n) is 3.83. The van der Waals surface area contributed by atoms with Gasteiger partial charge in [-0.05, 0) is 31.4 Å². The van der Waals surface area contributed by atoms with E-state index in [1.807, 2.05) is 18.7 Å². The first kappa shape index (κ1) is 10.1. The highest BCUT2D eigenvalue weighted by Gasteiger charge is 2.27. The van der Waals surface area contributed by atoms with Gasteiger partial charge in [-0.3, -0.25) is 0 Å². The van der Waals surface area contributed by atoms with E-state index < -0.39 is 0 Å². The van der Waals surface area contributed by atoms with Gasteiger partial charge in [-0.1, -0.05) is 19.1 Å². The van der Waals surface area contributed by atoms with Crippen molar-refractivity contribution in [1.29, 1.82) is 0 Å². The van der Waals surface area contributed by atoms with Crippen molar-refractivity contribution in [3.63, 3.8) is 0 Å². The van der Waals surface area contributed by atoms with Gasteiger partial charge in [-0.2, -0.15) is 11.8 Å². The minimum absolute atomic E-state index is 0.199. The van der Waals surface area contributed by atoms with Crippen LogP contribution in [0.1, 0.15) is 26.7 Å². The van der Waals surface area contributed by atoms with Crippen molar-refractivity contribution < 1.29 is 0 Å². The smallest absolute Gasteiger partial charge is 0.0371 e. The lowest BCUT2D eigenvalue weighted by atomic mass is 9.93. The van der Waals surface area contributed by atoms with Crippen molar-refractivity contribution in [2.24, 2.45) is 11.7 Å². The summed E-state index contributed by atoms with van der Waals surface area (Å²) in [6, 6.07) is 0.199. The highest BCUT2D eigenvalue weighted by Crippen LogP contribution is 2.33. The Bertz CT molecular complexity index is 167. The Labute approximate surface area is 79.8 Å². The Morgan fingerprint density at radius 2 is 2.33 bits per heavy atom. The minimum atomic E-state index is 0.199. The fraction of sp³-hybridized carbons (Fsp3) is 0.800. The zero-order valence-corrected chi connectivity index (χ0v) is 8.86. The molecule has 0 aliphatic carbocycles. The number of thioether (sulfide) groups is 1. The van der Waals surface area contributed by atoms with Crippen LogP contribution in [0.4, 0.5) is 0 Å². The molecule has 0 aromatic rings. The average Bonchev–Trinajstić information content (AvgIpc) is 2.04. The van der Waals surface area contributed by atoms with E-state index in [2.05, 4.69) is 13.5 Å². The number of hydrogen-bond donors (Lipinski definition) is 1. The number of rotatable bonds is 2. The lowest BCUT2D eigenvalue weighted by molar-refractivity contribution is 0.458. The molecule has 1 aliphatic rings. The number of nitrogens with two attached hydrogens (primary N) is 1. The molecular weight excluding hydrogens is 166 g/mol. The van der Waals surface area contributed by atoms with Gasteiger partial charge in [0.15, 0.2) is 0 Å². The van der Waals surface area contributed by atoms with Gasteiger partial charge in [-0.25, -0.2) is 0 Å². The van der Waals surface area contributed by atoms with E-state index in [1.165, 1.54) is 18.6 Å². The normalized spacial score (nSPS) is 32.9. The maximum absolute atomic E-state index is 6.06. The summed E-state index contributed by atoms with van der Waals surface area (Å²) < 4.78 is 0. The van der Waals surface area contributed by atoms with Crippen molar-refractivity contribution >= 4 is 11.8 Å². The molecule has 1 nitrogen and oxygen atoms in total. The summed E-state index contributed by atoms with van der Waals surface area (Å²) in [6.45, 7) is 8.27. The Kier molecular flexibility index (Phi) is 3.66. The molecule has 70 valence electrons. The van der Waals surface area contributed by atoms with Crippen molar-refractivity contribution in [1.82, 2.24) is 0 Å². The van der Waals surface area contributed by atoms with Crippen LogP contribution in [-0.2, 0) is 0 Å². The molecule has 2 N–H and O–H groups in total. The van der Waals surface area contributed by atoms with Crippen LogP contribution in [0.2, 0.25) is 0 Å². The summed E-state index contributed by atoms with van der Waals surface area (Å²) in [5.74, 6) is 2.03. The molecule has 2 heteroatoms. The Balaban J connectivity index is 2.53. The fourth-order valence-corrected chi connectivity index (χ4v) is 3.20. The SMILES string of the molecule is C=C(C)C(N)C1SCCCC1C. The van der Waals surface area contributed by atoms with Gasteiger partial charge in [0.25, 0.3) is 0 Å². The van der Waals surface area contributed by atoms with Crippen molar-refractivity contribution in [2.45, 2.75) is 38.0 Å². The van der Waals surface area contributed by atoms with Crippen LogP contribution in [0.25, 0.3) is 0 Å². The quantitative estimate of drug-likeness (QED) is 0.669. The molecule has 1 aliphatic heterocycles. The van der Waals surface area contributed by atoms with Crippen molar-refractivity contribution in [3.8, 4) is 0 Å².